The van der Waals surface area contributed by atoms with Gasteiger partial charge in [0.1, 0.15) is 0 Å². The zero-order valence-electron chi connectivity index (χ0n) is 14.0. The van der Waals surface area contributed by atoms with E-state index in [0.717, 1.165) is 18.9 Å². The van der Waals surface area contributed by atoms with Crippen LogP contribution in [0.25, 0.3) is 0 Å². The molecule has 1 saturated carbocycles. The van der Waals surface area contributed by atoms with Gasteiger partial charge in [0, 0.05) is 6.04 Å². The van der Waals surface area contributed by atoms with Gasteiger partial charge in [-0.15, -0.1) is 0 Å². The molecule has 1 unspecified atom stereocenters. The minimum absolute atomic E-state index is 0.555. The van der Waals surface area contributed by atoms with Gasteiger partial charge in [0.05, 0.1) is 0 Å². The molecular weight excluding hydrogens is 254 g/mol. The number of hydrogen-bond donors (Lipinski definition) is 1. The van der Waals surface area contributed by atoms with Crippen LogP contribution in [0, 0.1) is 5.92 Å². The molecule has 1 heteroatoms. The van der Waals surface area contributed by atoms with Crippen molar-refractivity contribution >= 4 is 0 Å². The van der Waals surface area contributed by atoms with Crippen molar-refractivity contribution in [3.63, 3.8) is 0 Å². The smallest absolute Gasteiger partial charge is 0.0322 e. The molecule has 2 rings (SSSR count). The predicted octanol–water partition coefficient (Wildman–Crippen LogP) is 5.65. The summed E-state index contributed by atoms with van der Waals surface area (Å²) in [5.74, 6) is 0.923. The second kappa shape index (κ2) is 9.25. The minimum atomic E-state index is 0.555. The molecule has 0 bridgehead atoms. The number of nitrogens with one attached hydrogen (secondary N) is 1. The van der Waals surface area contributed by atoms with Crippen molar-refractivity contribution in [1.82, 2.24) is 5.32 Å². The second-order valence-corrected chi connectivity index (χ2v) is 6.70. The van der Waals surface area contributed by atoms with Crippen LogP contribution >= 0.6 is 0 Å². The van der Waals surface area contributed by atoms with Crippen molar-refractivity contribution in [3.05, 3.63) is 35.4 Å². The molecule has 118 valence electrons. The quantitative estimate of drug-likeness (QED) is 0.639. The molecule has 0 spiro atoms. The molecule has 0 amide bonds. The highest BCUT2D eigenvalue weighted by Gasteiger charge is 2.19. The first-order valence-corrected chi connectivity index (χ1v) is 9.15. The van der Waals surface area contributed by atoms with E-state index in [-0.39, 0.29) is 0 Å². The molecule has 0 aromatic heterocycles. The highest BCUT2D eigenvalue weighted by molar-refractivity contribution is 5.26. The fourth-order valence-electron chi connectivity index (χ4n) is 3.62. The van der Waals surface area contributed by atoms with E-state index < -0.39 is 0 Å². The van der Waals surface area contributed by atoms with Crippen LogP contribution in [0.4, 0.5) is 0 Å². The summed E-state index contributed by atoms with van der Waals surface area (Å²) in [7, 11) is 0. The maximum Gasteiger partial charge on any atom is 0.0322 e. The average molecular weight is 287 g/mol. The molecule has 0 aliphatic heterocycles. The number of benzene rings is 1. The Hall–Kier alpha value is -0.820. The Morgan fingerprint density at radius 1 is 1.10 bits per heavy atom. The van der Waals surface area contributed by atoms with Crippen molar-refractivity contribution in [1.29, 1.82) is 0 Å². The van der Waals surface area contributed by atoms with Gasteiger partial charge in [0.2, 0.25) is 0 Å². The zero-order chi connectivity index (χ0) is 14.9. The van der Waals surface area contributed by atoms with Crippen LogP contribution in [0.3, 0.4) is 0 Å². The summed E-state index contributed by atoms with van der Waals surface area (Å²) in [6.45, 7) is 5.64. The molecule has 1 fully saturated rings. The molecule has 0 radical (unpaired) electrons. The highest BCUT2D eigenvalue weighted by atomic mass is 14.9. The second-order valence-electron chi connectivity index (χ2n) is 6.70. The minimum Gasteiger partial charge on any atom is -0.310 e. The average Bonchev–Trinajstić information content (AvgIpc) is 2.80. The maximum atomic E-state index is 3.80. The van der Waals surface area contributed by atoms with E-state index in [0.29, 0.717) is 6.04 Å². The molecule has 1 atom stereocenters. The van der Waals surface area contributed by atoms with Crippen LogP contribution < -0.4 is 5.32 Å². The number of rotatable bonds is 7. The lowest BCUT2D eigenvalue weighted by atomic mass is 9.89. The van der Waals surface area contributed by atoms with Gasteiger partial charge in [-0.25, -0.2) is 0 Å². The Labute approximate surface area is 131 Å². The fourth-order valence-corrected chi connectivity index (χ4v) is 3.62. The Balaban J connectivity index is 2.04. The van der Waals surface area contributed by atoms with E-state index in [1.54, 1.807) is 0 Å². The molecule has 0 heterocycles. The Kier molecular flexibility index (Phi) is 7.29. The van der Waals surface area contributed by atoms with Crippen molar-refractivity contribution in [2.75, 3.05) is 6.54 Å². The first-order valence-electron chi connectivity index (χ1n) is 9.15. The lowest BCUT2D eigenvalue weighted by molar-refractivity contribution is 0.356. The molecule has 1 aliphatic rings. The standard InChI is InChI=1S/C20H33N/c1-3-14-21-20(16-18-10-7-5-6-8-11-18)19-13-9-12-17(4-2)15-19/h9,12-13,15,18,20-21H,3-8,10-11,14,16H2,1-2H3. The Morgan fingerprint density at radius 2 is 1.86 bits per heavy atom. The van der Waals surface area contributed by atoms with Crippen LogP contribution in [-0.2, 0) is 6.42 Å². The molecule has 1 N–H and O–H groups in total. The van der Waals surface area contributed by atoms with Crippen LogP contribution in [0.2, 0.25) is 0 Å². The summed E-state index contributed by atoms with van der Waals surface area (Å²) in [5, 5.41) is 3.80. The van der Waals surface area contributed by atoms with Gasteiger partial charge in [-0.05, 0) is 42.9 Å². The van der Waals surface area contributed by atoms with E-state index in [9.17, 15) is 0 Å². The topological polar surface area (TPSA) is 12.0 Å². The monoisotopic (exact) mass is 287 g/mol. The Morgan fingerprint density at radius 3 is 2.52 bits per heavy atom. The van der Waals surface area contributed by atoms with E-state index in [2.05, 4.69) is 43.4 Å². The molecular formula is C20H33N. The fraction of sp³-hybridized carbons (Fsp3) is 0.700. The van der Waals surface area contributed by atoms with E-state index >= 15 is 0 Å². The predicted molar refractivity (Wildman–Crippen MR) is 92.7 cm³/mol. The molecule has 1 aliphatic carbocycles. The van der Waals surface area contributed by atoms with E-state index in [1.165, 1.54) is 62.5 Å². The number of hydrogen-bond acceptors (Lipinski definition) is 1. The van der Waals surface area contributed by atoms with Crippen molar-refractivity contribution in [3.8, 4) is 0 Å². The Bertz CT molecular complexity index is 391. The van der Waals surface area contributed by atoms with Crippen molar-refractivity contribution in [2.45, 2.75) is 77.7 Å². The molecule has 1 aromatic carbocycles. The summed E-state index contributed by atoms with van der Waals surface area (Å²) in [6, 6.07) is 9.79. The van der Waals surface area contributed by atoms with Gasteiger partial charge >= 0.3 is 0 Å². The lowest BCUT2D eigenvalue weighted by Gasteiger charge is -2.24. The summed E-state index contributed by atoms with van der Waals surface area (Å²) < 4.78 is 0. The molecule has 0 saturated heterocycles. The third-order valence-corrected chi connectivity index (χ3v) is 4.95. The summed E-state index contributed by atoms with van der Waals surface area (Å²) >= 11 is 0. The molecule has 1 aromatic rings. The van der Waals surface area contributed by atoms with Gasteiger partial charge in [-0.3, -0.25) is 0 Å². The van der Waals surface area contributed by atoms with Crippen LogP contribution in [0.5, 0.6) is 0 Å². The molecule has 1 nitrogen and oxygen atoms in total. The summed E-state index contributed by atoms with van der Waals surface area (Å²) in [4.78, 5) is 0. The highest BCUT2D eigenvalue weighted by Crippen LogP contribution is 2.31. The number of aryl methyl sites for hydroxylation is 1. The summed E-state index contributed by atoms with van der Waals surface area (Å²) in [5.41, 5.74) is 2.98. The van der Waals surface area contributed by atoms with Crippen molar-refractivity contribution in [2.24, 2.45) is 5.92 Å². The maximum absolute atomic E-state index is 3.80. The summed E-state index contributed by atoms with van der Waals surface area (Å²) in [6.07, 6.45) is 12.4. The zero-order valence-corrected chi connectivity index (χ0v) is 14.0. The third kappa shape index (κ3) is 5.47. The van der Waals surface area contributed by atoms with Crippen LogP contribution in [0.15, 0.2) is 24.3 Å². The van der Waals surface area contributed by atoms with Gasteiger partial charge in [-0.2, -0.15) is 0 Å². The largest absolute Gasteiger partial charge is 0.310 e. The van der Waals surface area contributed by atoms with Gasteiger partial charge in [-0.1, -0.05) is 76.6 Å². The van der Waals surface area contributed by atoms with Gasteiger partial charge in [0.25, 0.3) is 0 Å². The van der Waals surface area contributed by atoms with Gasteiger partial charge < -0.3 is 5.32 Å². The molecule has 21 heavy (non-hydrogen) atoms. The third-order valence-electron chi connectivity index (χ3n) is 4.95. The van der Waals surface area contributed by atoms with Crippen LogP contribution in [0.1, 0.15) is 82.4 Å². The van der Waals surface area contributed by atoms with E-state index in [1.807, 2.05) is 0 Å². The normalized spacial score (nSPS) is 18.4. The lowest BCUT2D eigenvalue weighted by Crippen LogP contribution is -2.24. The SMILES string of the molecule is CCCNC(CC1CCCCCC1)c1cccc(CC)c1. The first kappa shape index (κ1) is 16.5. The first-order chi connectivity index (χ1) is 10.3. The van der Waals surface area contributed by atoms with Crippen LogP contribution in [-0.4, -0.2) is 6.54 Å². The van der Waals surface area contributed by atoms with E-state index in [4.69, 9.17) is 0 Å². The van der Waals surface area contributed by atoms with Gasteiger partial charge in [0.15, 0.2) is 0 Å². The van der Waals surface area contributed by atoms with Crippen molar-refractivity contribution < 1.29 is 0 Å².